The van der Waals surface area contributed by atoms with Gasteiger partial charge in [0.1, 0.15) is 0 Å². The molecule has 0 saturated heterocycles. The SMILES string of the molecule is CC=C(C)CC(CC)CCCC. The number of rotatable bonds is 6. The highest BCUT2D eigenvalue weighted by Gasteiger charge is 2.05. The molecule has 0 spiro atoms. The van der Waals surface area contributed by atoms with Crippen LogP contribution in [0.5, 0.6) is 0 Å². The Labute approximate surface area is 78.1 Å². The molecule has 0 fully saturated rings. The lowest BCUT2D eigenvalue weighted by Gasteiger charge is -2.14. The van der Waals surface area contributed by atoms with E-state index in [0.717, 1.165) is 5.92 Å². The second kappa shape index (κ2) is 7.39. The molecule has 0 rings (SSSR count). The van der Waals surface area contributed by atoms with Gasteiger partial charge < -0.3 is 0 Å². The molecular formula is C12H24. The Morgan fingerprint density at radius 2 is 2.00 bits per heavy atom. The molecule has 0 nitrogen and oxygen atoms in total. The third-order valence-electron chi connectivity index (χ3n) is 2.65. The molecule has 0 aromatic carbocycles. The van der Waals surface area contributed by atoms with Crippen molar-refractivity contribution in [2.75, 3.05) is 0 Å². The standard InChI is InChI=1S/C12H24/c1-5-8-9-12(7-3)10-11(4)6-2/h6,12H,5,7-10H2,1-4H3. The van der Waals surface area contributed by atoms with E-state index in [2.05, 4.69) is 33.8 Å². The Kier molecular flexibility index (Phi) is 7.23. The van der Waals surface area contributed by atoms with Gasteiger partial charge in [-0.2, -0.15) is 0 Å². The van der Waals surface area contributed by atoms with Crippen LogP contribution in [0.25, 0.3) is 0 Å². The van der Waals surface area contributed by atoms with E-state index in [9.17, 15) is 0 Å². The molecule has 0 aliphatic carbocycles. The summed E-state index contributed by atoms with van der Waals surface area (Å²) in [6.45, 7) is 8.97. The third-order valence-corrected chi connectivity index (χ3v) is 2.65. The number of allylic oxidation sites excluding steroid dienone is 2. The van der Waals surface area contributed by atoms with Crippen LogP contribution >= 0.6 is 0 Å². The number of hydrogen-bond donors (Lipinski definition) is 0. The van der Waals surface area contributed by atoms with Crippen molar-refractivity contribution in [1.29, 1.82) is 0 Å². The largest absolute Gasteiger partial charge is 0.0887 e. The lowest BCUT2D eigenvalue weighted by Crippen LogP contribution is -1.99. The van der Waals surface area contributed by atoms with Gasteiger partial charge in [-0.25, -0.2) is 0 Å². The molecular weight excluding hydrogens is 144 g/mol. The van der Waals surface area contributed by atoms with Gasteiger partial charge in [0.25, 0.3) is 0 Å². The van der Waals surface area contributed by atoms with Crippen LogP contribution in [0.2, 0.25) is 0 Å². The first-order valence-electron chi connectivity index (χ1n) is 5.36. The van der Waals surface area contributed by atoms with Gasteiger partial charge in [-0.15, -0.1) is 0 Å². The Balaban J connectivity index is 3.67. The van der Waals surface area contributed by atoms with Crippen molar-refractivity contribution in [2.24, 2.45) is 5.92 Å². The number of unbranched alkanes of at least 4 members (excludes halogenated alkanes) is 1. The monoisotopic (exact) mass is 168 g/mol. The van der Waals surface area contributed by atoms with Crippen LogP contribution in [-0.4, -0.2) is 0 Å². The summed E-state index contributed by atoms with van der Waals surface area (Å²) in [5.74, 6) is 0.932. The van der Waals surface area contributed by atoms with Crippen LogP contribution < -0.4 is 0 Å². The summed E-state index contributed by atoms with van der Waals surface area (Å²) < 4.78 is 0. The van der Waals surface area contributed by atoms with E-state index >= 15 is 0 Å². The molecule has 0 amide bonds. The maximum atomic E-state index is 2.31. The summed E-state index contributed by atoms with van der Waals surface area (Å²) in [6.07, 6.45) is 9.05. The van der Waals surface area contributed by atoms with Gasteiger partial charge in [-0.05, 0) is 26.2 Å². The van der Waals surface area contributed by atoms with Crippen molar-refractivity contribution < 1.29 is 0 Å². The molecule has 0 N–H and O–H groups in total. The summed E-state index contributed by atoms with van der Waals surface area (Å²) in [7, 11) is 0. The van der Waals surface area contributed by atoms with E-state index in [-0.39, 0.29) is 0 Å². The Bertz CT molecular complexity index is 122. The molecule has 0 heteroatoms. The van der Waals surface area contributed by atoms with Gasteiger partial charge in [-0.3, -0.25) is 0 Å². The second-order valence-electron chi connectivity index (χ2n) is 3.76. The van der Waals surface area contributed by atoms with Crippen LogP contribution in [0, 0.1) is 5.92 Å². The zero-order valence-electron chi connectivity index (χ0n) is 9.19. The molecule has 1 unspecified atom stereocenters. The normalized spacial score (nSPS) is 14.8. The van der Waals surface area contributed by atoms with Crippen LogP contribution in [0.15, 0.2) is 11.6 Å². The summed E-state index contributed by atoms with van der Waals surface area (Å²) in [6, 6.07) is 0. The Morgan fingerprint density at radius 1 is 1.33 bits per heavy atom. The maximum absolute atomic E-state index is 2.31. The molecule has 0 aliphatic rings. The van der Waals surface area contributed by atoms with Gasteiger partial charge in [-0.1, -0.05) is 51.2 Å². The molecule has 72 valence electrons. The van der Waals surface area contributed by atoms with Gasteiger partial charge in [0.2, 0.25) is 0 Å². The molecule has 1 atom stereocenters. The number of hydrogen-bond acceptors (Lipinski definition) is 0. The van der Waals surface area contributed by atoms with Crippen molar-refractivity contribution in [3.05, 3.63) is 11.6 Å². The summed E-state index contributed by atoms with van der Waals surface area (Å²) in [5, 5.41) is 0. The van der Waals surface area contributed by atoms with Gasteiger partial charge in [0.15, 0.2) is 0 Å². The zero-order valence-corrected chi connectivity index (χ0v) is 9.19. The summed E-state index contributed by atoms with van der Waals surface area (Å²) >= 11 is 0. The predicted octanol–water partition coefficient (Wildman–Crippen LogP) is 4.56. The average molecular weight is 168 g/mol. The molecule has 0 aromatic rings. The minimum Gasteiger partial charge on any atom is -0.0887 e. The minimum atomic E-state index is 0.932. The smallest absolute Gasteiger partial charge is 0.0295 e. The highest BCUT2D eigenvalue weighted by molar-refractivity contribution is 4.96. The van der Waals surface area contributed by atoms with Gasteiger partial charge in [0, 0.05) is 0 Å². The molecule has 0 bridgehead atoms. The van der Waals surface area contributed by atoms with Crippen molar-refractivity contribution >= 4 is 0 Å². The average Bonchev–Trinajstić information content (AvgIpc) is 2.11. The molecule has 0 aromatic heterocycles. The topological polar surface area (TPSA) is 0 Å². The van der Waals surface area contributed by atoms with Crippen LogP contribution in [0.3, 0.4) is 0 Å². The fourth-order valence-electron chi connectivity index (χ4n) is 1.52. The molecule has 0 saturated carbocycles. The first kappa shape index (κ1) is 11.7. The van der Waals surface area contributed by atoms with Crippen LogP contribution in [0.1, 0.15) is 59.8 Å². The van der Waals surface area contributed by atoms with E-state index < -0.39 is 0 Å². The van der Waals surface area contributed by atoms with E-state index in [1.165, 1.54) is 32.1 Å². The minimum absolute atomic E-state index is 0.932. The van der Waals surface area contributed by atoms with E-state index in [1.54, 1.807) is 5.57 Å². The first-order valence-corrected chi connectivity index (χ1v) is 5.36. The van der Waals surface area contributed by atoms with Gasteiger partial charge >= 0.3 is 0 Å². The van der Waals surface area contributed by atoms with Gasteiger partial charge in [0.05, 0.1) is 0 Å². The van der Waals surface area contributed by atoms with E-state index in [1.807, 2.05) is 0 Å². The van der Waals surface area contributed by atoms with Crippen molar-refractivity contribution in [3.63, 3.8) is 0 Å². The maximum Gasteiger partial charge on any atom is -0.0295 e. The van der Waals surface area contributed by atoms with Crippen molar-refractivity contribution in [2.45, 2.75) is 59.8 Å². The quantitative estimate of drug-likeness (QED) is 0.510. The lowest BCUT2D eigenvalue weighted by molar-refractivity contribution is 0.447. The Hall–Kier alpha value is -0.260. The van der Waals surface area contributed by atoms with Crippen molar-refractivity contribution in [3.8, 4) is 0 Å². The molecule has 12 heavy (non-hydrogen) atoms. The van der Waals surface area contributed by atoms with E-state index in [4.69, 9.17) is 0 Å². The first-order chi connectivity index (χ1) is 5.74. The summed E-state index contributed by atoms with van der Waals surface area (Å²) in [4.78, 5) is 0. The zero-order chi connectivity index (χ0) is 9.40. The highest BCUT2D eigenvalue weighted by atomic mass is 14.1. The second-order valence-corrected chi connectivity index (χ2v) is 3.76. The molecule has 0 aliphatic heterocycles. The fourth-order valence-corrected chi connectivity index (χ4v) is 1.52. The predicted molar refractivity (Wildman–Crippen MR) is 57.4 cm³/mol. The van der Waals surface area contributed by atoms with E-state index in [0.29, 0.717) is 0 Å². The molecule has 0 radical (unpaired) electrons. The third kappa shape index (κ3) is 5.40. The Morgan fingerprint density at radius 3 is 2.42 bits per heavy atom. The van der Waals surface area contributed by atoms with Crippen LogP contribution in [0.4, 0.5) is 0 Å². The van der Waals surface area contributed by atoms with Crippen molar-refractivity contribution in [1.82, 2.24) is 0 Å². The van der Waals surface area contributed by atoms with Crippen LogP contribution in [-0.2, 0) is 0 Å². The molecule has 0 heterocycles. The highest BCUT2D eigenvalue weighted by Crippen LogP contribution is 2.20. The fraction of sp³-hybridized carbons (Fsp3) is 0.833. The summed E-state index contributed by atoms with van der Waals surface area (Å²) in [5.41, 5.74) is 1.55. The lowest BCUT2D eigenvalue weighted by atomic mass is 9.92.